The number of anilines is 3. The fraction of sp³-hybridized carbons (Fsp3) is 0.600. The van der Waals surface area contributed by atoms with Crippen LogP contribution in [-0.4, -0.2) is 27.7 Å². The monoisotopic (exact) mass is 257 g/mol. The summed E-state index contributed by atoms with van der Waals surface area (Å²) in [7, 11) is 0. The molecule has 0 aliphatic heterocycles. The van der Waals surface area contributed by atoms with Gasteiger partial charge < -0.3 is 21.9 Å². The maximum absolute atomic E-state index is 9.07. The molecule has 7 heteroatoms. The van der Waals surface area contributed by atoms with Crippen molar-refractivity contribution in [2.24, 2.45) is 5.92 Å². The number of nitrogen functional groups attached to an aromatic ring is 2. The minimum atomic E-state index is 0.100. The summed E-state index contributed by atoms with van der Waals surface area (Å²) >= 11 is 5.82. The van der Waals surface area contributed by atoms with Crippen molar-refractivity contribution in [3.8, 4) is 0 Å². The standard InChI is InChI=1S/C10H16ClN5O/c11-8-7(12)9(16-10(13)15-8)14-6-2-1-5(3-6)4-17/h5-6,17H,1-4,12H2,(H3,13,14,15,16)/t5-,6+/m0/s1. The van der Waals surface area contributed by atoms with E-state index < -0.39 is 0 Å². The minimum absolute atomic E-state index is 0.100. The molecule has 1 heterocycles. The zero-order valence-electron chi connectivity index (χ0n) is 9.36. The molecule has 1 saturated carbocycles. The van der Waals surface area contributed by atoms with E-state index in [1.807, 2.05) is 0 Å². The molecule has 1 fully saturated rings. The van der Waals surface area contributed by atoms with E-state index >= 15 is 0 Å². The third-order valence-corrected chi connectivity index (χ3v) is 3.34. The smallest absolute Gasteiger partial charge is 0.223 e. The maximum Gasteiger partial charge on any atom is 0.223 e. The minimum Gasteiger partial charge on any atom is -0.396 e. The predicted molar refractivity (Wildman–Crippen MR) is 67.7 cm³/mol. The van der Waals surface area contributed by atoms with Crippen LogP contribution in [0.25, 0.3) is 0 Å². The van der Waals surface area contributed by atoms with Crippen molar-refractivity contribution in [2.75, 3.05) is 23.4 Å². The second-order valence-electron chi connectivity index (χ2n) is 4.34. The van der Waals surface area contributed by atoms with E-state index in [4.69, 9.17) is 28.2 Å². The molecule has 0 saturated heterocycles. The summed E-state index contributed by atoms with van der Waals surface area (Å²) in [6.07, 6.45) is 2.88. The Hall–Kier alpha value is -1.27. The van der Waals surface area contributed by atoms with Gasteiger partial charge in [-0.1, -0.05) is 11.6 Å². The van der Waals surface area contributed by atoms with Crippen LogP contribution < -0.4 is 16.8 Å². The molecule has 17 heavy (non-hydrogen) atoms. The topological polar surface area (TPSA) is 110 Å². The molecular formula is C10H16ClN5O. The number of nitrogens with one attached hydrogen (secondary N) is 1. The summed E-state index contributed by atoms with van der Waals surface area (Å²) in [6.45, 7) is 0.223. The zero-order chi connectivity index (χ0) is 12.4. The lowest BCUT2D eigenvalue weighted by atomic mass is 10.1. The lowest BCUT2D eigenvalue weighted by molar-refractivity contribution is 0.229. The molecule has 1 aromatic rings. The van der Waals surface area contributed by atoms with Gasteiger partial charge in [-0.3, -0.25) is 0 Å². The van der Waals surface area contributed by atoms with Gasteiger partial charge >= 0.3 is 0 Å². The number of halogens is 1. The van der Waals surface area contributed by atoms with Gasteiger partial charge in [-0.05, 0) is 25.2 Å². The summed E-state index contributed by atoms with van der Waals surface area (Å²) in [5.74, 6) is 0.929. The zero-order valence-corrected chi connectivity index (χ0v) is 10.1. The number of rotatable bonds is 3. The third-order valence-electron chi connectivity index (χ3n) is 3.06. The Kier molecular flexibility index (Phi) is 3.54. The molecule has 0 bridgehead atoms. The Morgan fingerprint density at radius 3 is 2.76 bits per heavy atom. The van der Waals surface area contributed by atoms with Crippen molar-refractivity contribution >= 4 is 29.1 Å². The largest absolute Gasteiger partial charge is 0.396 e. The van der Waals surface area contributed by atoms with Gasteiger partial charge in [-0.2, -0.15) is 9.97 Å². The van der Waals surface area contributed by atoms with Gasteiger partial charge in [0.15, 0.2) is 11.0 Å². The second kappa shape index (κ2) is 4.93. The highest BCUT2D eigenvalue weighted by Crippen LogP contribution is 2.30. The van der Waals surface area contributed by atoms with Gasteiger partial charge in [0.1, 0.15) is 5.69 Å². The number of hydrogen-bond acceptors (Lipinski definition) is 6. The normalized spacial score (nSPS) is 23.9. The molecule has 0 spiro atoms. The molecule has 0 unspecified atom stereocenters. The first-order valence-corrected chi connectivity index (χ1v) is 5.93. The van der Waals surface area contributed by atoms with Gasteiger partial charge in [-0.25, -0.2) is 0 Å². The van der Waals surface area contributed by atoms with E-state index in [1.54, 1.807) is 0 Å². The summed E-state index contributed by atoms with van der Waals surface area (Å²) < 4.78 is 0. The van der Waals surface area contributed by atoms with Crippen LogP contribution in [0, 0.1) is 5.92 Å². The van der Waals surface area contributed by atoms with E-state index in [-0.39, 0.29) is 23.8 Å². The fourth-order valence-corrected chi connectivity index (χ4v) is 2.31. The van der Waals surface area contributed by atoms with Crippen molar-refractivity contribution in [3.63, 3.8) is 0 Å². The molecule has 0 aromatic carbocycles. The molecule has 94 valence electrons. The highest BCUT2D eigenvalue weighted by Gasteiger charge is 2.25. The number of aliphatic hydroxyl groups excluding tert-OH is 1. The van der Waals surface area contributed by atoms with E-state index in [2.05, 4.69) is 15.3 Å². The molecule has 1 aliphatic rings. The van der Waals surface area contributed by atoms with Crippen LogP contribution in [-0.2, 0) is 0 Å². The SMILES string of the molecule is Nc1nc(Cl)c(N)c(N[C@@H]2CC[C@H](CO)C2)n1. The van der Waals surface area contributed by atoms with Crippen LogP contribution in [0.4, 0.5) is 17.5 Å². The van der Waals surface area contributed by atoms with Crippen LogP contribution >= 0.6 is 11.6 Å². The summed E-state index contributed by atoms with van der Waals surface area (Å²) in [4.78, 5) is 7.80. The molecule has 6 N–H and O–H groups in total. The highest BCUT2D eigenvalue weighted by atomic mass is 35.5. The molecule has 2 atom stereocenters. The number of nitrogens with zero attached hydrogens (tertiary/aromatic N) is 2. The van der Waals surface area contributed by atoms with E-state index in [0.717, 1.165) is 19.3 Å². The first kappa shape index (κ1) is 12.2. The van der Waals surface area contributed by atoms with Crippen molar-refractivity contribution in [1.29, 1.82) is 0 Å². The number of nitrogens with two attached hydrogens (primary N) is 2. The third kappa shape index (κ3) is 2.70. The summed E-state index contributed by atoms with van der Waals surface area (Å²) in [5.41, 5.74) is 11.6. The maximum atomic E-state index is 9.07. The summed E-state index contributed by atoms with van der Waals surface area (Å²) in [6, 6.07) is 0.250. The number of aromatic nitrogens is 2. The van der Waals surface area contributed by atoms with Gasteiger partial charge in [-0.15, -0.1) is 0 Å². The Bertz CT molecular complexity index is 414. The van der Waals surface area contributed by atoms with Crippen molar-refractivity contribution < 1.29 is 5.11 Å². The van der Waals surface area contributed by atoms with Gasteiger partial charge in [0.05, 0.1) is 0 Å². The van der Waals surface area contributed by atoms with E-state index in [1.165, 1.54) is 0 Å². The van der Waals surface area contributed by atoms with Crippen LogP contribution in [0.5, 0.6) is 0 Å². The first-order chi connectivity index (χ1) is 8.10. The van der Waals surface area contributed by atoms with E-state index in [0.29, 0.717) is 17.4 Å². The average molecular weight is 258 g/mol. The Morgan fingerprint density at radius 1 is 1.35 bits per heavy atom. The van der Waals surface area contributed by atoms with Crippen molar-refractivity contribution in [1.82, 2.24) is 9.97 Å². The lowest BCUT2D eigenvalue weighted by Crippen LogP contribution is -2.19. The lowest BCUT2D eigenvalue weighted by Gasteiger charge is -2.15. The quantitative estimate of drug-likeness (QED) is 0.598. The Balaban J connectivity index is 2.09. The Morgan fingerprint density at radius 2 is 2.12 bits per heavy atom. The number of hydrogen-bond donors (Lipinski definition) is 4. The molecular weight excluding hydrogens is 242 g/mol. The van der Waals surface area contributed by atoms with Gasteiger partial charge in [0.25, 0.3) is 0 Å². The molecule has 2 rings (SSSR count). The molecule has 0 radical (unpaired) electrons. The average Bonchev–Trinajstić information content (AvgIpc) is 2.73. The molecule has 0 amide bonds. The van der Waals surface area contributed by atoms with E-state index in [9.17, 15) is 0 Å². The van der Waals surface area contributed by atoms with Crippen molar-refractivity contribution in [2.45, 2.75) is 25.3 Å². The number of aliphatic hydroxyl groups is 1. The first-order valence-electron chi connectivity index (χ1n) is 5.56. The highest BCUT2D eigenvalue weighted by molar-refractivity contribution is 6.32. The van der Waals surface area contributed by atoms with Gasteiger partial charge in [0, 0.05) is 12.6 Å². The van der Waals surface area contributed by atoms with Crippen molar-refractivity contribution in [3.05, 3.63) is 5.15 Å². The molecule has 6 nitrogen and oxygen atoms in total. The fourth-order valence-electron chi connectivity index (χ4n) is 2.13. The molecule has 1 aliphatic carbocycles. The van der Waals surface area contributed by atoms with Crippen LogP contribution in [0.1, 0.15) is 19.3 Å². The van der Waals surface area contributed by atoms with Crippen LogP contribution in [0.15, 0.2) is 0 Å². The predicted octanol–water partition coefficient (Wildman–Crippen LogP) is 0.867. The van der Waals surface area contributed by atoms with Gasteiger partial charge in [0.2, 0.25) is 5.95 Å². The Labute approximate surface area is 104 Å². The van der Waals surface area contributed by atoms with Crippen LogP contribution in [0.3, 0.4) is 0 Å². The van der Waals surface area contributed by atoms with Crippen LogP contribution in [0.2, 0.25) is 5.15 Å². The summed E-state index contributed by atoms with van der Waals surface area (Å²) in [5, 5.41) is 12.4. The molecule has 1 aromatic heterocycles. The second-order valence-corrected chi connectivity index (χ2v) is 4.70.